The van der Waals surface area contributed by atoms with Gasteiger partial charge in [0.2, 0.25) is 0 Å². The predicted octanol–water partition coefficient (Wildman–Crippen LogP) is 2.44. The van der Waals surface area contributed by atoms with Crippen LogP contribution in [-0.2, 0) is 14.9 Å². The Bertz CT molecular complexity index is 837. The van der Waals surface area contributed by atoms with Crippen LogP contribution in [0, 0.1) is 0 Å². The molecule has 6 nitrogen and oxygen atoms in total. The lowest BCUT2D eigenvalue weighted by Gasteiger charge is -2.08. The minimum atomic E-state index is -4.07. The molecule has 0 amide bonds. The van der Waals surface area contributed by atoms with Crippen molar-refractivity contribution in [3.63, 3.8) is 0 Å². The van der Waals surface area contributed by atoms with Crippen LogP contribution in [0.4, 0.5) is 0 Å². The first-order chi connectivity index (χ1) is 10.8. The van der Waals surface area contributed by atoms with Crippen LogP contribution in [0.1, 0.15) is 27.6 Å². The number of Topliss-reactive ketones (excluding diaryl/α,β-unsaturated/α-hetero) is 1. The van der Waals surface area contributed by atoms with Crippen molar-refractivity contribution >= 4 is 21.9 Å². The van der Waals surface area contributed by atoms with E-state index in [1.165, 1.54) is 62.6 Å². The van der Waals surface area contributed by atoms with Crippen molar-refractivity contribution < 1.29 is 26.9 Å². The maximum absolute atomic E-state index is 12.2. The third-order valence-electron chi connectivity index (χ3n) is 3.01. The van der Waals surface area contributed by atoms with E-state index in [0.717, 1.165) is 0 Å². The van der Waals surface area contributed by atoms with Crippen LogP contribution in [0.25, 0.3) is 0 Å². The van der Waals surface area contributed by atoms with Crippen LogP contribution >= 0.6 is 0 Å². The average molecular weight is 334 g/mol. The molecule has 0 aliphatic rings. The fourth-order valence-electron chi connectivity index (χ4n) is 1.82. The van der Waals surface area contributed by atoms with Crippen LogP contribution in [0.15, 0.2) is 53.4 Å². The normalized spacial score (nSPS) is 10.9. The maximum Gasteiger partial charge on any atom is 0.339 e. The molecule has 7 heteroatoms. The van der Waals surface area contributed by atoms with Crippen LogP contribution in [0.2, 0.25) is 0 Å². The minimum Gasteiger partial charge on any atom is -0.465 e. The van der Waals surface area contributed by atoms with Crippen molar-refractivity contribution in [3.8, 4) is 5.75 Å². The van der Waals surface area contributed by atoms with Gasteiger partial charge in [0, 0.05) is 5.56 Å². The van der Waals surface area contributed by atoms with E-state index in [2.05, 4.69) is 4.74 Å². The van der Waals surface area contributed by atoms with Gasteiger partial charge in [-0.25, -0.2) is 4.79 Å². The second kappa shape index (κ2) is 6.62. The van der Waals surface area contributed by atoms with Gasteiger partial charge in [0.05, 0.1) is 12.7 Å². The predicted molar refractivity (Wildman–Crippen MR) is 82.0 cm³/mol. The summed E-state index contributed by atoms with van der Waals surface area (Å²) in [5.41, 5.74) is 0.573. The number of ketones is 1. The first-order valence-electron chi connectivity index (χ1n) is 6.57. The summed E-state index contributed by atoms with van der Waals surface area (Å²) in [6.45, 7) is 1.39. The highest BCUT2D eigenvalue weighted by Crippen LogP contribution is 2.20. The second-order valence-electron chi connectivity index (χ2n) is 4.64. The number of carbonyl (C=O) groups excluding carboxylic acids is 2. The lowest BCUT2D eigenvalue weighted by atomic mass is 10.2. The SMILES string of the molecule is COC(=O)c1cccc(OS(=O)(=O)c2ccc(C(C)=O)cc2)c1. The molecule has 0 atom stereocenters. The quantitative estimate of drug-likeness (QED) is 0.474. The largest absolute Gasteiger partial charge is 0.465 e. The van der Waals surface area contributed by atoms with Gasteiger partial charge in [-0.3, -0.25) is 4.79 Å². The Morgan fingerprint density at radius 3 is 2.17 bits per heavy atom. The van der Waals surface area contributed by atoms with Gasteiger partial charge >= 0.3 is 16.1 Å². The van der Waals surface area contributed by atoms with E-state index in [1.807, 2.05) is 0 Å². The highest BCUT2D eigenvalue weighted by atomic mass is 32.2. The van der Waals surface area contributed by atoms with Crippen LogP contribution < -0.4 is 4.18 Å². The number of esters is 1. The van der Waals surface area contributed by atoms with Crippen molar-refractivity contribution in [2.24, 2.45) is 0 Å². The van der Waals surface area contributed by atoms with E-state index in [0.29, 0.717) is 5.56 Å². The molecule has 2 aromatic carbocycles. The van der Waals surface area contributed by atoms with E-state index < -0.39 is 16.1 Å². The van der Waals surface area contributed by atoms with Gasteiger partial charge in [-0.15, -0.1) is 0 Å². The third-order valence-corrected chi connectivity index (χ3v) is 4.27. The van der Waals surface area contributed by atoms with Crippen molar-refractivity contribution in [2.45, 2.75) is 11.8 Å². The van der Waals surface area contributed by atoms with Crippen LogP contribution in [-0.4, -0.2) is 27.3 Å². The Morgan fingerprint density at radius 1 is 0.957 bits per heavy atom. The highest BCUT2D eigenvalue weighted by Gasteiger charge is 2.18. The fraction of sp³-hybridized carbons (Fsp3) is 0.125. The molecule has 0 aromatic heterocycles. The van der Waals surface area contributed by atoms with Crippen molar-refractivity contribution in [1.29, 1.82) is 0 Å². The zero-order valence-electron chi connectivity index (χ0n) is 12.5. The molecule has 0 saturated carbocycles. The second-order valence-corrected chi connectivity index (χ2v) is 6.18. The standard InChI is InChI=1S/C16H14O6S/c1-11(17)12-6-8-15(9-7-12)23(19,20)22-14-5-3-4-13(10-14)16(18)21-2/h3-10H,1-2H3. The number of hydrogen-bond donors (Lipinski definition) is 0. The lowest BCUT2D eigenvalue weighted by Crippen LogP contribution is -2.10. The molecule has 0 radical (unpaired) electrons. The number of rotatable bonds is 5. The number of hydrogen-bond acceptors (Lipinski definition) is 6. The molecular weight excluding hydrogens is 320 g/mol. The highest BCUT2D eigenvalue weighted by molar-refractivity contribution is 7.87. The van der Waals surface area contributed by atoms with E-state index in [4.69, 9.17) is 4.18 Å². The van der Waals surface area contributed by atoms with Crippen LogP contribution in [0.5, 0.6) is 5.75 Å². The van der Waals surface area contributed by atoms with E-state index in [-0.39, 0.29) is 22.0 Å². The summed E-state index contributed by atoms with van der Waals surface area (Å²) in [7, 11) is -2.84. The summed E-state index contributed by atoms with van der Waals surface area (Å²) in [5.74, 6) is -0.775. The number of benzene rings is 2. The van der Waals surface area contributed by atoms with Gasteiger partial charge in [0.25, 0.3) is 0 Å². The molecule has 120 valence electrons. The summed E-state index contributed by atoms with van der Waals surface area (Å²) >= 11 is 0. The molecule has 23 heavy (non-hydrogen) atoms. The summed E-state index contributed by atoms with van der Waals surface area (Å²) in [6, 6.07) is 11.0. The first-order valence-corrected chi connectivity index (χ1v) is 7.98. The molecule has 2 aromatic rings. The zero-order chi connectivity index (χ0) is 17.0. The molecule has 0 saturated heterocycles. The van der Waals surface area contributed by atoms with Gasteiger partial charge in [-0.05, 0) is 37.3 Å². The molecule has 2 rings (SSSR count). The van der Waals surface area contributed by atoms with Gasteiger partial charge in [-0.1, -0.05) is 18.2 Å². The molecule has 0 fully saturated rings. The molecule has 0 aliphatic heterocycles. The Kier molecular flexibility index (Phi) is 4.80. The molecule has 0 spiro atoms. The van der Waals surface area contributed by atoms with Crippen molar-refractivity contribution in [3.05, 3.63) is 59.7 Å². The van der Waals surface area contributed by atoms with Crippen molar-refractivity contribution in [2.75, 3.05) is 7.11 Å². The molecule has 0 unspecified atom stereocenters. The van der Waals surface area contributed by atoms with Gasteiger partial charge in [0.1, 0.15) is 10.6 Å². The van der Waals surface area contributed by atoms with Crippen LogP contribution in [0.3, 0.4) is 0 Å². The topological polar surface area (TPSA) is 86.7 Å². The Morgan fingerprint density at radius 2 is 1.61 bits per heavy atom. The first kappa shape index (κ1) is 16.7. The maximum atomic E-state index is 12.2. The van der Waals surface area contributed by atoms with Gasteiger partial charge < -0.3 is 8.92 Å². The molecule has 0 heterocycles. The monoisotopic (exact) mass is 334 g/mol. The van der Waals surface area contributed by atoms with Gasteiger partial charge in [-0.2, -0.15) is 8.42 Å². The Balaban J connectivity index is 2.27. The lowest BCUT2D eigenvalue weighted by molar-refractivity contribution is 0.0600. The van der Waals surface area contributed by atoms with E-state index in [1.54, 1.807) is 0 Å². The Labute approximate surface area is 133 Å². The summed E-state index contributed by atoms with van der Waals surface area (Å²) in [5, 5.41) is 0. The number of ether oxygens (including phenoxy) is 1. The summed E-state index contributed by atoms with van der Waals surface area (Å²) in [6.07, 6.45) is 0. The molecule has 0 N–H and O–H groups in total. The molecule has 0 bridgehead atoms. The molecular formula is C16H14O6S. The Hall–Kier alpha value is -2.67. The zero-order valence-corrected chi connectivity index (χ0v) is 13.3. The fourth-order valence-corrected chi connectivity index (χ4v) is 2.75. The average Bonchev–Trinajstić information content (AvgIpc) is 2.54. The minimum absolute atomic E-state index is 0.0106. The number of carbonyl (C=O) groups is 2. The number of methoxy groups -OCH3 is 1. The summed E-state index contributed by atoms with van der Waals surface area (Å²) in [4.78, 5) is 22.6. The molecule has 0 aliphatic carbocycles. The smallest absolute Gasteiger partial charge is 0.339 e. The third kappa shape index (κ3) is 3.95. The van der Waals surface area contributed by atoms with E-state index >= 15 is 0 Å². The van der Waals surface area contributed by atoms with Gasteiger partial charge in [0.15, 0.2) is 5.78 Å². The van der Waals surface area contributed by atoms with Crippen molar-refractivity contribution in [1.82, 2.24) is 0 Å². The summed E-state index contributed by atoms with van der Waals surface area (Å²) < 4.78 is 34.0. The van der Waals surface area contributed by atoms with E-state index in [9.17, 15) is 18.0 Å².